The summed E-state index contributed by atoms with van der Waals surface area (Å²) < 4.78 is 7.26. The van der Waals surface area contributed by atoms with Crippen LogP contribution in [-0.4, -0.2) is 54.0 Å². The predicted octanol–water partition coefficient (Wildman–Crippen LogP) is -1.79. The van der Waals surface area contributed by atoms with Crippen molar-refractivity contribution in [2.75, 3.05) is 5.73 Å². The van der Waals surface area contributed by atoms with Crippen LogP contribution in [-0.2, 0) is 4.74 Å². The number of aromatic amines is 1. The van der Waals surface area contributed by atoms with Gasteiger partial charge in [0.15, 0.2) is 11.2 Å². The summed E-state index contributed by atoms with van der Waals surface area (Å²) in [4.78, 5) is 22.1. The van der Waals surface area contributed by atoms with Gasteiger partial charge in [0.2, 0.25) is 5.95 Å². The minimum Gasteiger partial charge on any atom is -0.427 e. The van der Waals surface area contributed by atoms with Crippen molar-refractivity contribution in [1.29, 1.82) is 0 Å². The highest BCUT2D eigenvalue weighted by molar-refractivity contribution is 6.40. The summed E-state index contributed by atoms with van der Waals surface area (Å²) in [7, 11) is -1.44. The molecule has 0 amide bonds. The number of hydrogen-bond donors (Lipinski definition) is 5. The number of nitrogens with zero attached hydrogens (tertiary/aromatic N) is 3. The molecule has 1 aliphatic rings. The van der Waals surface area contributed by atoms with Crippen LogP contribution in [0.1, 0.15) is 19.1 Å². The molecule has 10 nitrogen and oxygen atoms in total. The maximum atomic E-state index is 11.7. The zero-order valence-corrected chi connectivity index (χ0v) is 11.6. The molecule has 0 radical (unpaired) electrons. The minimum absolute atomic E-state index is 0.0299. The third kappa shape index (κ3) is 2.71. The quantitative estimate of drug-likeness (QED) is 0.414. The molecule has 0 aliphatic carbocycles. The van der Waals surface area contributed by atoms with E-state index in [0.717, 1.165) is 0 Å². The van der Waals surface area contributed by atoms with Crippen LogP contribution in [0.5, 0.6) is 0 Å². The van der Waals surface area contributed by atoms with Crippen molar-refractivity contribution in [1.82, 2.24) is 19.5 Å². The number of fused-ring (bicyclic) bond motifs is 1. The molecule has 11 heteroatoms. The molecule has 22 heavy (non-hydrogen) atoms. The molecule has 118 valence electrons. The molecule has 0 spiro atoms. The van der Waals surface area contributed by atoms with E-state index in [1.807, 2.05) is 0 Å². The third-order valence-electron chi connectivity index (χ3n) is 3.67. The smallest absolute Gasteiger partial charge is 0.427 e. The van der Waals surface area contributed by atoms with Gasteiger partial charge in [-0.2, -0.15) is 4.98 Å². The number of rotatable bonds is 4. The number of H-pyrrole nitrogens is 1. The van der Waals surface area contributed by atoms with E-state index in [1.165, 1.54) is 6.33 Å². The summed E-state index contributed by atoms with van der Waals surface area (Å²) in [5, 5.41) is 27.8. The summed E-state index contributed by atoms with van der Waals surface area (Å²) in [5.74, 6) is -0.0299. The number of imidazole rings is 1. The first kappa shape index (κ1) is 15.0. The van der Waals surface area contributed by atoms with E-state index < -0.39 is 31.1 Å². The summed E-state index contributed by atoms with van der Waals surface area (Å²) in [6, 6.07) is 0. The first-order valence-electron chi connectivity index (χ1n) is 6.87. The van der Waals surface area contributed by atoms with Gasteiger partial charge < -0.3 is 25.6 Å². The molecule has 1 saturated heterocycles. The monoisotopic (exact) mass is 309 g/mol. The van der Waals surface area contributed by atoms with Crippen LogP contribution in [0.2, 0.25) is 6.32 Å². The summed E-state index contributed by atoms with van der Waals surface area (Å²) >= 11 is 0. The first-order chi connectivity index (χ1) is 10.5. The molecule has 2 aromatic heterocycles. The topological polar surface area (TPSA) is 160 Å². The normalized spacial score (nSPS) is 25.0. The van der Waals surface area contributed by atoms with Gasteiger partial charge >= 0.3 is 7.12 Å². The number of nitrogen functional groups attached to an aromatic ring is 1. The molecule has 6 N–H and O–H groups in total. The Balaban J connectivity index is 1.85. The van der Waals surface area contributed by atoms with Gasteiger partial charge in [0.05, 0.1) is 18.5 Å². The number of aromatic nitrogens is 4. The zero-order chi connectivity index (χ0) is 15.9. The molecule has 1 aliphatic heterocycles. The van der Waals surface area contributed by atoms with E-state index >= 15 is 0 Å². The van der Waals surface area contributed by atoms with Crippen LogP contribution < -0.4 is 11.3 Å². The molecular formula is C11H16BN5O5. The number of nitrogens with one attached hydrogen (secondary N) is 1. The standard InChI is InChI=1S/C11H16BN5O5/c13-11-15-9-8(10(19)16-11)14-4-17(9)7-3-5(18)6(22-7)1-2-12(20)21/h4-7,18,20-21H,1-3H2,(H3,13,15,16,19)/t5-,6+,7+/m0/s1. The minimum atomic E-state index is -1.44. The van der Waals surface area contributed by atoms with E-state index in [1.54, 1.807) is 4.57 Å². The summed E-state index contributed by atoms with van der Waals surface area (Å²) in [6.07, 6.45) is 0.278. The largest absolute Gasteiger partial charge is 0.451 e. The molecule has 2 aromatic rings. The van der Waals surface area contributed by atoms with Crippen molar-refractivity contribution in [2.24, 2.45) is 0 Å². The van der Waals surface area contributed by atoms with Crippen molar-refractivity contribution in [2.45, 2.75) is 37.6 Å². The van der Waals surface area contributed by atoms with Gasteiger partial charge in [0, 0.05) is 6.42 Å². The Morgan fingerprint density at radius 2 is 2.32 bits per heavy atom. The second-order valence-corrected chi connectivity index (χ2v) is 5.27. The van der Waals surface area contributed by atoms with E-state index in [9.17, 15) is 9.90 Å². The molecule has 0 saturated carbocycles. The lowest BCUT2D eigenvalue weighted by Crippen LogP contribution is -2.23. The summed E-state index contributed by atoms with van der Waals surface area (Å²) in [5.41, 5.74) is 5.51. The maximum absolute atomic E-state index is 11.7. The molecule has 0 unspecified atom stereocenters. The van der Waals surface area contributed by atoms with Crippen molar-refractivity contribution in [3.63, 3.8) is 0 Å². The van der Waals surface area contributed by atoms with Crippen LogP contribution >= 0.6 is 0 Å². The Morgan fingerprint density at radius 1 is 1.55 bits per heavy atom. The van der Waals surface area contributed by atoms with Crippen LogP contribution in [0, 0.1) is 0 Å². The van der Waals surface area contributed by atoms with Crippen LogP contribution in [0.25, 0.3) is 11.2 Å². The Kier molecular flexibility index (Phi) is 3.87. The molecule has 3 atom stereocenters. The fourth-order valence-electron chi connectivity index (χ4n) is 2.61. The van der Waals surface area contributed by atoms with Gasteiger partial charge in [0.1, 0.15) is 6.23 Å². The van der Waals surface area contributed by atoms with Gasteiger partial charge in [-0.3, -0.25) is 14.3 Å². The van der Waals surface area contributed by atoms with Gasteiger partial charge in [-0.1, -0.05) is 0 Å². The Bertz CT molecular complexity index is 731. The number of anilines is 1. The number of aliphatic hydroxyl groups excluding tert-OH is 1. The first-order valence-corrected chi connectivity index (χ1v) is 6.87. The third-order valence-corrected chi connectivity index (χ3v) is 3.67. The Hall–Kier alpha value is -1.95. The lowest BCUT2D eigenvalue weighted by Gasteiger charge is -2.15. The fraction of sp³-hybridized carbons (Fsp3) is 0.545. The molecule has 3 rings (SSSR count). The highest BCUT2D eigenvalue weighted by atomic mass is 16.5. The van der Waals surface area contributed by atoms with Gasteiger partial charge in [0.25, 0.3) is 5.56 Å². The van der Waals surface area contributed by atoms with Gasteiger partial charge in [-0.05, 0) is 12.7 Å². The predicted molar refractivity (Wildman–Crippen MR) is 76.7 cm³/mol. The van der Waals surface area contributed by atoms with E-state index in [0.29, 0.717) is 6.42 Å². The van der Waals surface area contributed by atoms with E-state index in [4.69, 9.17) is 20.5 Å². The molecule has 0 aromatic carbocycles. The second-order valence-electron chi connectivity index (χ2n) is 5.27. The Morgan fingerprint density at radius 3 is 3.05 bits per heavy atom. The molecule has 1 fully saturated rings. The van der Waals surface area contributed by atoms with E-state index in [2.05, 4.69) is 15.0 Å². The maximum Gasteiger partial charge on any atom is 0.451 e. The summed E-state index contributed by atoms with van der Waals surface area (Å²) in [6.45, 7) is 0. The zero-order valence-electron chi connectivity index (χ0n) is 11.6. The van der Waals surface area contributed by atoms with Crippen molar-refractivity contribution in [3.05, 3.63) is 16.7 Å². The van der Waals surface area contributed by atoms with Gasteiger partial charge in [-0.25, -0.2) is 4.98 Å². The van der Waals surface area contributed by atoms with E-state index in [-0.39, 0.29) is 29.9 Å². The lowest BCUT2D eigenvalue weighted by atomic mass is 9.82. The Labute approximate surface area is 124 Å². The fourth-order valence-corrected chi connectivity index (χ4v) is 2.61. The van der Waals surface area contributed by atoms with Gasteiger partial charge in [-0.15, -0.1) is 0 Å². The van der Waals surface area contributed by atoms with Crippen molar-refractivity contribution in [3.8, 4) is 0 Å². The number of nitrogens with two attached hydrogens (primary N) is 1. The average molecular weight is 309 g/mol. The van der Waals surface area contributed by atoms with Crippen molar-refractivity contribution < 1.29 is 19.9 Å². The SMILES string of the molecule is Nc1nc2c(ncn2[C@H]2C[C@H](O)[C@@H](CCB(O)O)O2)c(=O)[nH]1. The number of hydrogen-bond acceptors (Lipinski definition) is 8. The van der Waals surface area contributed by atoms with Crippen LogP contribution in [0.3, 0.4) is 0 Å². The lowest BCUT2D eigenvalue weighted by molar-refractivity contribution is -0.0189. The van der Waals surface area contributed by atoms with Crippen molar-refractivity contribution >= 4 is 24.2 Å². The number of ether oxygens (including phenoxy) is 1. The van der Waals surface area contributed by atoms with Crippen LogP contribution in [0.15, 0.2) is 11.1 Å². The second kappa shape index (κ2) is 5.68. The molecular weight excluding hydrogens is 293 g/mol. The highest BCUT2D eigenvalue weighted by Crippen LogP contribution is 2.32. The van der Waals surface area contributed by atoms with Crippen LogP contribution in [0.4, 0.5) is 5.95 Å². The molecule has 3 heterocycles. The number of aliphatic hydroxyl groups is 1. The molecule has 0 bridgehead atoms. The highest BCUT2D eigenvalue weighted by Gasteiger charge is 2.36. The average Bonchev–Trinajstić information content (AvgIpc) is 3.00.